The number of halogens is 1. The van der Waals surface area contributed by atoms with Crippen LogP contribution in [0.2, 0.25) is 5.15 Å². The largest absolute Gasteiger partial charge is 0.388 e. The van der Waals surface area contributed by atoms with E-state index in [4.69, 9.17) is 11.6 Å². The molecule has 0 spiro atoms. The summed E-state index contributed by atoms with van der Waals surface area (Å²) in [6.45, 7) is 11.4. The molecule has 4 nitrogen and oxygen atoms in total. The highest BCUT2D eigenvalue weighted by Gasteiger charge is 2.35. The highest BCUT2D eigenvalue weighted by molar-refractivity contribution is 6.29. The van der Waals surface area contributed by atoms with Crippen LogP contribution in [0.1, 0.15) is 53.3 Å². The Hall–Kier alpha value is -0.870. The lowest BCUT2D eigenvalue weighted by Crippen LogP contribution is -2.51. The molecule has 1 rings (SSSR count). The van der Waals surface area contributed by atoms with E-state index in [9.17, 15) is 5.11 Å². The Kier molecular flexibility index (Phi) is 4.23. The van der Waals surface area contributed by atoms with Crippen LogP contribution in [0.5, 0.6) is 0 Å². The van der Waals surface area contributed by atoms with Gasteiger partial charge in [-0.2, -0.15) is 0 Å². The smallest absolute Gasteiger partial charge is 0.135 e. The van der Waals surface area contributed by atoms with E-state index in [0.717, 1.165) is 0 Å². The first-order valence-electron chi connectivity index (χ1n) is 6.08. The molecular formula is C13H22ClN3O. The number of aromatic nitrogens is 2. The molecule has 0 radical (unpaired) electrons. The molecule has 0 amide bonds. The molecule has 2 N–H and O–H groups in total. The van der Waals surface area contributed by atoms with E-state index in [-0.39, 0.29) is 5.92 Å². The Bertz CT molecular complexity index is 425. The van der Waals surface area contributed by atoms with Crippen LogP contribution >= 0.6 is 11.6 Å². The highest BCUT2D eigenvalue weighted by Crippen LogP contribution is 2.26. The maximum atomic E-state index is 10.1. The molecule has 1 heterocycles. The number of nitrogens with one attached hydrogen (secondary N) is 1. The summed E-state index contributed by atoms with van der Waals surface area (Å²) in [7, 11) is 0. The summed E-state index contributed by atoms with van der Waals surface area (Å²) < 4.78 is 0. The van der Waals surface area contributed by atoms with Crippen molar-refractivity contribution in [3.05, 3.63) is 17.0 Å². The molecule has 0 aliphatic heterocycles. The van der Waals surface area contributed by atoms with Crippen molar-refractivity contribution >= 4 is 17.4 Å². The molecular weight excluding hydrogens is 250 g/mol. The standard InChI is InChI=1S/C13H22ClN3O/c1-8(2)11-15-9(14)7-10(16-11)17-12(3,4)13(5,6)18/h7-8,18H,1-6H3,(H,15,16,17). The molecule has 0 saturated carbocycles. The number of rotatable bonds is 4. The van der Waals surface area contributed by atoms with Gasteiger partial charge in [0.1, 0.15) is 16.8 Å². The summed E-state index contributed by atoms with van der Waals surface area (Å²) in [4.78, 5) is 8.59. The van der Waals surface area contributed by atoms with Crippen molar-refractivity contribution in [2.24, 2.45) is 0 Å². The number of anilines is 1. The van der Waals surface area contributed by atoms with Gasteiger partial charge in [-0.25, -0.2) is 9.97 Å². The van der Waals surface area contributed by atoms with Gasteiger partial charge in [-0.05, 0) is 27.7 Å². The van der Waals surface area contributed by atoms with E-state index in [1.54, 1.807) is 19.9 Å². The van der Waals surface area contributed by atoms with Crippen molar-refractivity contribution in [3.8, 4) is 0 Å². The van der Waals surface area contributed by atoms with Crippen molar-refractivity contribution in [2.45, 2.75) is 58.6 Å². The molecule has 0 aliphatic rings. The van der Waals surface area contributed by atoms with E-state index < -0.39 is 11.1 Å². The summed E-state index contributed by atoms with van der Waals surface area (Å²) in [5, 5.41) is 13.7. The van der Waals surface area contributed by atoms with Crippen molar-refractivity contribution < 1.29 is 5.11 Å². The van der Waals surface area contributed by atoms with E-state index in [1.165, 1.54) is 0 Å². The minimum Gasteiger partial charge on any atom is -0.388 e. The summed E-state index contributed by atoms with van der Waals surface area (Å²) in [5.41, 5.74) is -1.42. The Morgan fingerprint density at radius 2 is 1.78 bits per heavy atom. The van der Waals surface area contributed by atoms with Gasteiger partial charge in [-0.1, -0.05) is 25.4 Å². The molecule has 0 saturated heterocycles. The molecule has 18 heavy (non-hydrogen) atoms. The molecule has 0 aliphatic carbocycles. The third-order valence-electron chi connectivity index (χ3n) is 3.20. The predicted octanol–water partition coefficient (Wildman–Crippen LogP) is 3.21. The van der Waals surface area contributed by atoms with Crippen LogP contribution in [0, 0.1) is 0 Å². The zero-order chi connectivity index (χ0) is 14.1. The lowest BCUT2D eigenvalue weighted by Gasteiger charge is -2.38. The highest BCUT2D eigenvalue weighted by atomic mass is 35.5. The topological polar surface area (TPSA) is 58.0 Å². The van der Waals surface area contributed by atoms with Crippen LogP contribution in [0.4, 0.5) is 5.82 Å². The normalized spacial score (nSPS) is 12.9. The Balaban J connectivity index is 3.05. The van der Waals surface area contributed by atoms with Crippen LogP contribution in [-0.2, 0) is 0 Å². The molecule has 0 bridgehead atoms. The molecule has 5 heteroatoms. The third-order valence-corrected chi connectivity index (χ3v) is 3.39. The van der Waals surface area contributed by atoms with Crippen LogP contribution in [0.3, 0.4) is 0 Å². The monoisotopic (exact) mass is 271 g/mol. The molecule has 102 valence electrons. The van der Waals surface area contributed by atoms with Crippen LogP contribution in [-0.4, -0.2) is 26.2 Å². The van der Waals surface area contributed by atoms with Gasteiger partial charge in [0.25, 0.3) is 0 Å². The second-order valence-corrected chi connectivity index (χ2v) is 6.29. The summed E-state index contributed by atoms with van der Waals surface area (Å²) in [6.07, 6.45) is 0. The first kappa shape index (κ1) is 15.2. The van der Waals surface area contributed by atoms with Gasteiger partial charge < -0.3 is 10.4 Å². The number of hydrogen-bond acceptors (Lipinski definition) is 4. The Labute approximate surface area is 114 Å². The molecule has 0 unspecified atom stereocenters. The van der Waals surface area contributed by atoms with Crippen LogP contribution in [0.15, 0.2) is 6.07 Å². The van der Waals surface area contributed by atoms with Crippen molar-refractivity contribution in [3.63, 3.8) is 0 Å². The fourth-order valence-corrected chi connectivity index (χ4v) is 1.42. The second kappa shape index (κ2) is 5.02. The van der Waals surface area contributed by atoms with Crippen LogP contribution in [0.25, 0.3) is 0 Å². The fraction of sp³-hybridized carbons (Fsp3) is 0.692. The zero-order valence-electron chi connectivity index (χ0n) is 11.9. The van der Waals surface area contributed by atoms with Gasteiger partial charge in [-0.15, -0.1) is 0 Å². The molecule has 1 aromatic rings. The van der Waals surface area contributed by atoms with Crippen LogP contribution < -0.4 is 5.32 Å². The van der Waals surface area contributed by atoms with E-state index >= 15 is 0 Å². The maximum Gasteiger partial charge on any atom is 0.135 e. The minimum atomic E-state index is -0.886. The lowest BCUT2D eigenvalue weighted by molar-refractivity contribution is 0.0238. The van der Waals surface area contributed by atoms with Gasteiger partial charge in [0.05, 0.1) is 11.1 Å². The summed E-state index contributed by atoms with van der Waals surface area (Å²) in [6, 6.07) is 1.67. The van der Waals surface area contributed by atoms with Gasteiger partial charge in [-0.3, -0.25) is 0 Å². The summed E-state index contributed by atoms with van der Waals surface area (Å²) in [5.74, 6) is 1.52. The van der Waals surface area contributed by atoms with Gasteiger partial charge in [0.15, 0.2) is 0 Å². The molecule has 0 fully saturated rings. The van der Waals surface area contributed by atoms with E-state index in [1.807, 2.05) is 27.7 Å². The average Bonchev–Trinajstić information content (AvgIpc) is 2.13. The van der Waals surface area contributed by atoms with Crippen molar-refractivity contribution in [2.75, 3.05) is 5.32 Å². The fourth-order valence-electron chi connectivity index (χ4n) is 1.23. The third kappa shape index (κ3) is 3.56. The van der Waals surface area contributed by atoms with Gasteiger partial charge >= 0.3 is 0 Å². The van der Waals surface area contributed by atoms with Crippen molar-refractivity contribution in [1.82, 2.24) is 9.97 Å². The quantitative estimate of drug-likeness (QED) is 0.826. The number of hydrogen-bond donors (Lipinski definition) is 2. The number of nitrogens with zero attached hydrogens (tertiary/aromatic N) is 2. The second-order valence-electron chi connectivity index (χ2n) is 5.90. The lowest BCUT2D eigenvalue weighted by atomic mass is 9.86. The summed E-state index contributed by atoms with van der Waals surface area (Å²) >= 11 is 5.98. The minimum absolute atomic E-state index is 0.203. The van der Waals surface area contributed by atoms with E-state index in [2.05, 4.69) is 15.3 Å². The predicted molar refractivity (Wildman–Crippen MR) is 75.1 cm³/mol. The maximum absolute atomic E-state index is 10.1. The van der Waals surface area contributed by atoms with E-state index in [0.29, 0.717) is 16.8 Å². The zero-order valence-corrected chi connectivity index (χ0v) is 12.6. The molecule has 0 atom stereocenters. The van der Waals surface area contributed by atoms with Gasteiger partial charge in [0, 0.05) is 12.0 Å². The molecule has 1 aromatic heterocycles. The SMILES string of the molecule is CC(C)c1nc(Cl)cc(NC(C)(C)C(C)(C)O)n1. The first-order chi connectivity index (χ1) is 8.03. The first-order valence-corrected chi connectivity index (χ1v) is 6.46. The number of aliphatic hydroxyl groups is 1. The van der Waals surface area contributed by atoms with Gasteiger partial charge in [0.2, 0.25) is 0 Å². The van der Waals surface area contributed by atoms with Crippen molar-refractivity contribution in [1.29, 1.82) is 0 Å². The average molecular weight is 272 g/mol. The Morgan fingerprint density at radius 3 is 2.22 bits per heavy atom. The Morgan fingerprint density at radius 1 is 1.22 bits per heavy atom. The molecule has 0 aromatic carbocycles.